The van der Waals surface area contributed by atoms with E-state index < -0.39 is 6.04 Å². The highest BCUT2D eigenvalue weighted by atomic mass is 32.2. The molecule has 30 heavy (non-hydrogen) atoms. The number of carbonyl (C=O) groups is 2. The second kappa shape index (κ2) is 10.9. The van der Waals surface area contributed by atoms with Crippen LogP contribution in [-0.2, 0) is 9.59 Å². The summed E-state index contributed by atoms with van der Waals surface area (Å²) in [7, 11) is 0. The lowest BCUT2D eigenvalue weighted by atomic mass is 10.1. The highest BCUT2D eigenvalue weighted by molar-refractivity contribution is 7.99. The number of aryl methyl sites for hydroxylation is 1. The van der Waals surface area contributed by atoms with Crippen molar-refractivity contribution in [1.29, 1.82) is 5.26 Å². The fraction of sp³-hybridized carbons (Fsp3) is 0.524. The minimum Gasteiger partial charge on any atom is -0.340 e. The lowest BCUT2D eigenvalue weighted by Gasteiger charge is -2.30. The highest BCUT2D eigenvalue weighted by Crippen LogP contribution is 2.17. The van der Waals surface area contributed by atoms with Gasteiger partial charge in [-0.05, 0) is 43.9 Å². The molecule has 160 valence electrons. The molecule has 1 unspecified atom stereocenters. The van der Waals surface area contributed by atoms with Crippen molar-refractivity contribution in [2.45, 2.75) is 32.2 Å². The van der Waals surface area contributed by atoms with Gasteiger partial charge in [-0.15, -0.1) is 0 Å². The van der Waals surface area contributed by atoms with E-state index in [0.29, 0.717) is 13.0 Å². The summed E-state index contributed by atoms with van der Waals surface area (Å²) in [6.45, 7) is 4.12. The van der Waals surface area contributed by atoms with Gasteiger partial charge in [0.2, 0.25) is 17.8 Å². The molecule has 1 aromatic rings. The van der Waals surface area contributed by atoms with Crippen LogP contribution in [0.3, 0.4) is 0 Å². The number of rotatable bonds is 4. The van der Waals surface area contributed by atoms with E-state index in [4.69, 9.17) is 5.26 Å². The topological polar surface area (TPSA) is 101 Å². The van der Waals surface area contributed by atoms with Crippen LogP contribution < -0.4 is 10.6 Å². The third-order valence-corrected chi connectivity index (χ3v) is 6.12. The van der Waals surface area contributed by atoms with Crippen LogP contribution in [0.1, 0.15) is 24.8 Å². The summed E-state index contributed by atoms with van der Waals surface area (Å²) in [5.74, 6) is 1.97. The molecule has 0 spiro atoms. The first kappa shape index (κ1) is 22.0. The number of carbonyl (C=O) groups excluding carboxylic acids is 2. The van der Waals surface area contributed by atoms with Crippen molar-refractivity contribution in [3.63, 3.8) is 0 Å². The number of amides is 2. The molecule has 2 fully saturated rings. The van der Waals surface area contributed by atoms with Crippen LogP contribution in [0.2, 0.25) is 0 Å². The van der Waals surface area contributed by atoms with Crippen LogP contribution in [0.5, 0.6) is 0 Å². The monoisotopic (exact) mass is 428 g/mol. The first-order valence-electron chi connectivity index (χ1n) is 10.3. The summed E-state index contributed by atoms with van der Waals surface area (Å²) in [4.78, 5) is 33.7. The number of nitrogens with one attached hydrogen (secondary N) is 2. The maximum absolute atomic E-state index is 13.1. The number of thioether (sulfide) groups is 1. The summed E-state index contributed by atoms with van der Waals surface area (Å²) in [5, 5.41) is 14.7. The number of aliphatic imine (C=N–C) groups is 1. The Kier molecular flexibility index (Phi) is 7.97. The van der Waals surface area contributed by atoms with Gasteiger partial charge in [0.05, 0.1) is 6.54 Å². The van der Waals surface area contributed by atoms with E-state index in [1.165, 1.54) is 0 Å². The van der Waals surface area contributed by atoms with Gasteiger partial charge in [-0.25, -0.2) is 4.99 Å². The maximum Gasteiger partial charge on any atom is 0.247 e. The summed E-state index contributed by atoms with van der Waals surface area (Å²) < 4.78 is 0. The quantitative estimate of drug-likeness (QED) is 0.328. The molecule has 0 aromatic heterocycles. The molecule has 8 nitrogen and oxygen atoms in total. The van der Waals surface area contributed by atoms with E-state index in [0.717, 1.165) is 48.7 Å². The third kappa shape index (κ3) is 6.13. The summed E-state index contributed by atoms with van der Waals surface area (Å²) in [6, 6.07) is 7.07. The average molecular weight is 429 g/mol. The molecular weight excluding hydrogens is 400 g/mol. The zero-order chi connectivity index (χ0) is 21.3. The molecule has 0 saturated carbocycles. The maximum atomic E-state index is 13.1. The van der Waals surface area contributed by atoms with Gasteiger partial charge in [-0.2, -0.15) is 17.0 Å². The fourth-order valence-electron chi connectivity index (χ4n) is 3.60. The van der Waals surface area contributed by atoms with E-state index in [1.807, 2.05) is 54.0 Å². The van der Waals surface area contributed by atoms with Crippen molar-refractivity contribution in [3.8, 4) is 6.19 Å². The Bertz CT molecular complexity index is 831. The number of likely N-dealkylation sites (tertiary alicyclic amines) is 1. The third-order valence-electron chi connectivity index (χ3n) is 5.18. The van der Waals surface area contributed by atoms with Crippen molar-refractivity contribution in [2.24, 2.45) is 4.99 Å². The number of benzene rings is 1. The van der Waals surface area contributed by atoms with Crippen molar-refractivity contribution < 1.29 is 9.59 Å². The van der Waals surface area contributed by atoms with Crippen molar-refractivity contribution in [3.05, 3.63) is 29.8 Å². The lowest BCUT2D eigenvalue weighted by molar-refractivity contribution is -0.140. The van der Waals surface area contributed by atoms with Crippen LogP contribution in [0.4, 0.5) is 5.69 Å². The Balaban J connectivity index is 1.71. The highest BCUT2D eigenvalue weighted by Gasteiger charge is 2.30. The van der Waals surface area contributed by atoms with Gasteiger partial charge in [0.25, 0.3) is 0 Å². The van der Waals surface area contributed by atoms with E-state index in [2.05, 4.69) is 15.6 Å². The number of hydrogen-bond acceptors (Lipinski definition) is 5. The molecule has 9 heteroatoms. The van der Waals surface area contributed by atoms with Crippen LogP contribution in [0, 0.1) is 18.4 Å². The van der Waals surface area contributed by atoms with Gasteiger partial charge >= 0.3 is 0 Å². The van der Waals surface area contributed by atoms with Gasteiger partial charge in [-0.3, -0.25) is 14.9 Å². The van der Waals surface area contributed by atoms with Gasteiger partial charge < -0.3 is 15.1 Å². The van der Waals surface area contributed by atoms with Gasteiger partial charge in [-0.1, -0.05) is 12.1 Å². The molecule has 3 rings (SSSR count). The Hall–Kier alpha value is -2.73. The number of hydrogen-bond donors (Lipinski definition) is 2. The molecule has 0 aliphatic carbocycles. The molecule has 2 N–H and O–H groups in total. The molecule has 2 saturated heterocycles. The molecular formula is C21H28N6O2S. The normalized spacial score (nSPS) is 20.3. The minimum absolute atomic E-state index is 0.00142. The van der Waals surface area contributed by atoms with Gasteiger partial charge in [0.1, 0.15) is 6.04 Å². The van der Waals surface area contributed by atoms with Crippen LogP contribution in [0.25, 0.3) is 0 Å². The molecule has 2 aliphatic heterocycles. The smallest absolute Gasteiger partial charge is 0.247 e. The predicted octanol–water partition coefficient (Wildman–Crippen LogP) is 1.79. The van der Waals surface area contributed by atoms with E-state index in [1.54, 1.807) is 4.90 Å². The average Bonchev–Trinajstić information content (AvgIpc) is 2.91. The lowest BCUT2D eigenvalue weighted by Crippen LogP contribution is -2.47. The fourth-order valence-corrected chi connectivity index (χ4v) is 4.50. The zero-order valence-corrected chi connectivity index (χ0v) is 18.1. The van der Waals surface area contributed by atoms with Crippen LogP contribution in [-0.4, -0.2) is 71.3 Å². The molecule has 1 atom stereocenters. The molecule has 2 aliphatic rings. The number of nitriles is 1. The van der Waals surface area contributed by atoms with E-state index >= 15 is 0 Å². The summed E-state index contributed by atoms with van der Waals surface area (Å²) in [6.07, 6.45) is 4.15. The number of guanidine groups is 1. The second-order valence-corrected chi connectivity index (χ2v) is 8.70. The predicted molar refractivity (Wildman–Crippen MR) is 119 cm³/mol. The van der Waals surface area contributed by atoms with Crippen LogP contribution in [0.15, 0.2) is 29.3 Å². The minimum atomic E-state index is -0.620. The Morgan fingerprint density at radius 1 is 1.30 bits per heavy atom. The number of nitrogens with zero attached hydrogens (tertiary/aromatic N) is 4. The first-order valence-corrected chi connectivity index (χ1v) is 11.4. The van der Waals surface area contributed by atoms with Gasteiger partial charge in [0.15, 0.2) is 6.19 Å². The van der Waals surface area contributed by atoms with Crippen molar-refractivity contribution in [1.82, 2.24) is 15.1 Å². The second-order valence-electron chi connectivity index (χ2n) is 7.47. The molecule has 0 bridgehead atoms. The number of anilines is 1. The molecule has 2 heterocycles. The Morgan fingerprint density at radius 3 is 2.83 bits per heavy atom. The Labute approximate surface area is 181 Å². The van der Waals surface area contributed by atoms with Crippen molar-refractivity contribution in [2.75, 3.05) is 43.0 Å². The van der Waals surface area contributed by atoms with Gasteiger partial charge in [0, 0.05) is 36.8 Å². The summed E-state index contributed by atoms with van der Waals surface area (Å²) in [5.41, 5.74) is 1.86. The first-order chi connectivity index (χ1) is 14.6. The molecule has 1 aromatic carbocycles. The van der Waals surface area contributed by atoms with Crippen molar-refractivity contribution >= 4 is 35.2 Å². The largest absolute Gasteiger partial charge is 0.340 e. The SMILES string of the molecule is Cc1cccc(NC(=NC2CCCCN(CC(=O)N3CCSCC3)C2=O)NC#N)c1. The standard InChI is InChI=1S/C21H28N6O2S/c1-16-5-4-6-17(13-16)24-21(23-15-22)25-18-7-2-3-8-27(20(18)29)14-19(28)26-9-11-30-12-10-26/h4-6,13,18H,2-3,7-12,14H2,1H3,(H2,23,24,25). The zero-order valence-electron chi connectivity index (χ0n) is 17.3. The van der Waals surface area contributed by atoms with Crippen LogP contribution >= 0.6 is 11.8 Å². The van der Waals surface area contributed by atoms with E-state index in [9.17, 15) is 9.59 Å². The van der Waals surface area contributed by atoms with E-state index in [-0.39, 0.29) is 24.3 Å². The summed E-state index contributed by atoms with van der Waals surface area (Å²) >= 11 is 1.85. The molecule has 2 amide bonds. The molecule has 0 radical (unpaired) electrons. The Morgan fingerprint density at radius 2 is 2.10 bits per heavy atom.